The molecule has 0 aliphatic carbocycles. The van der Waals surface area contributed by atoms with Crippen LogP contribution in [0.3, 0.4) is 0 Å². The summed E-state index contributed by atoms with van der Waals surface area (Å²) >= 11 is 0. The first-order valence-electron chi connectivity index (χ1n) is 6.83. The summed E-state index contributed by atoms with van der Waals surface area (Å²) in [5.74, 6) is 0.0365. The molecule has 1 aromatic carbocycles. The van der Waals surface area contributed by atoms with E-state index in [1.54, 1.807) is 19.0 Å². The molecule has 0 radical (unpaired) electrons. The van der Waals surface area contributed by atoms with E-state index >= 15 is 0 Å². The number of nitrogens with one attached hydrogen (secondary N) is 1. The molecule has 1 fully saturated rings. The highest BCUT2D eigenvalue weighted by molar-refractivity contribution is 5.94. The van der Waals surface area contributed by atoms with Crippen molar-refractivity contribution in [1.29, 1.82) is 0 Å². The molecule has 4 nitrogen and oxygen atoms in total. The van der Waals surface area contributed by atoms with E-state index in [0.717, 1.165) is 43.7 Å². The Kier molecular flexibility index (Phi) is 4.80. The molecule has 0 bridgehead atoms. The van der Waals surface area contributed by atoms with E-state index in [2.05, 4.69) is 5.32 Å². The molecule has 1 unspecified atom stereocenters. The number of benzene rings is 1. The largest absolute Gasteiger partial charge is 0.382 e. The minimum absolute atomic E-state index is 0.0365. The number of nitrogens with zero attached hydrogens (tertiary/aromatic N) is 1. The third kappa shape index (κ3) is 3.96. The van der Waals surface area contributed by atoms with Crippen molar-refractivity contribution in [3.8, 4) is 0 Å². The Hall–Kier alpha value is -1.55. The Morgan fingerprint density at radius 3 is 2.63 bits per heavy atom. The Morgan fingerprint density at radius 2 is 1.95 bits per heavy atom. The average molecular weight is 262 g/mol. The molecular formula is C15H22N2O2. The van der Waals surface area contributed by atoms with Gasteiger partial charge in [0, 0.05) is 44.6 Å². The minimum atomic E-state index is 0.0365. The lowest BCUT2D eigenvalue weighted by atomic mass is 10.1. The van der Waals surface area contributed by atoms with E-state index in [4.69, 9.17) is 4.74 Å². The SMILES string of the molecule is CN(C)C(=O)c1ccc(NC2CCCOCC2)cc1. The molecule has 1 N–H and O–H groups in total. The summed E-state index contributed by atoms with van der Waals surface area (Å²) in [5.41, 5.74) is 1.79. The van der Waals surface area contributed by atoms with Crippen molar-refractivity contribution in [2.45, 2.75) is 25.3 Å². The second-order valence-corrected chi connectivity index (χ2v) is 5.16. The quantitative estimate of drug-likeness (QED) is 0.909. The average Bonchev–Trinajstić information content (AvgIpc) is 2.67. The van der Waals surface area contributed by atoms with Crippen molar-refractivity contribution >= 4 is 11.6 Å². The molecule has 19 heavy (non-hydrogen) atoms. The zero-order valence-electron chi connectivity index (χ0n) is 11.7. The lowest BCUT2D eigenvalue weighted by Crippen LogP contribution is -2.22. The predicted molar refractivity (Wildman–Crippen MR) is 76.5 cm³/mol. The van der Waals surface area contributed by atoms with Gasteiger partial charge in [-0.25, -0.2) is 0 Å². The maximum atomic E-state index is 11.8. The van der Waals surface area contributed by atoms with Crippen molar-refractivity contribution in [2.75, 3.05) is 32.6 Å². The number of carbonyl (C=O) groups excluding carboxylic acids is 1. The van der Waals surface area contributed by atoms with Gasteiger partial charge in [-0.2, -0.15) is 0 Å². The maximum absolute atomic E-state index is 11.8. The number of hydrogen-bond donors (Lipinski definition) is 1. The fourth-order valence-corrected chi connectivity index (χ4v) is 2.25. The van der Waals surface area contributed by atoms with E-state index in [0.29, 0.717) is 6.04 Å². The molecule has 4 heteroatoms. The summed E-state index contributed by atoms with van der Waals surface area (Å²) in [6.45, 7) is 1.70. The topological polar surface area (TPSA) is 41.6 Å². The van der Waals surface area contributed by atoms with Crippen LogP contribution in [0.1, 0.15) is 29.6 Å². The molecule has 1 aliphatic rings. The van der Waals surface area contributed by atoms with Gasteiger partial charge in [-0.15, -0.1) is 0 Å². The summed E-state index contributed by atoms with van der Waals surface area (Å²) in [4.78, 5) is 13.4. The monoisotopic (exact) mass is 262 g/mol. The van der Waals surface area contributed by atoms with E-state index < -0.39 is 0 Å². The van der Waals surface area contributed by atoms with Crippen LogP contribution in [-0.4, -0.2) is 44.2 Å². The lowest BCUT2D eigenvalue weighted by Gasteiger charge is -2.17. The van der Waals surface area contributed by atoms with E-state index in [9.17, 15) is 4.79 Å². The summed E-state index contributed by atoms with van der Waals surface area (Å²) in [5, 5.41) is 3.51. The molecule has 2 rings (SSSR count). The van der Waals surface area contributed by atoms with Crippen LogP contribution in [-0.2, 0) is 4.74 Å². The Bertz CT molecular complexity index is 407. The summed E-state index contributed by atoms with van der Waals surface area (Å²) in [6.07, 6.45) is 3.28. The van der Waals surface area contributed by atoms with E-state index in [1.165, 1.54) is 0 Å². The highest BCUT2D eigenvalue weighted by Gasteiger charge is 2.12. The molecule has 1 aliphatic heterocycles. The zero-order valence-corrected chi connectivity index (χ0v) is 11.7. The third-order valence-corrected chi connectivity index (χ3v) is 3.36. The van der Waals surface area contributed by atoms with Gasteiger partial charge in [0.1, 0.15) is 0 Å². The molecule has 1 amide bonds. The first-order valence-corrected chi connectivity index (χ1v) is 6.83. The smallest absolute Gasteiger partial charge is 0.253 e. The van der Waals surface area contributed by atoms with Gasteiger partial charge < -0.3 is 15.0 Å². The molecule has 1 heterocycles. The van der Waals surface area contributed by atoms with Crippen LogP contribution in [0.25, 0.3) is 0 Å². The minimum Gasteiger partial charge on any atom is -0.382 e. The number of ether oxygens (including phenoxy) is 1. The molecule has 104 valence electrons. The predicted octanol–water partition coefficient (Wildman–Crippen LogP) is 2.37. The number of amides is 1. The summed E-state index contributed by atoms with van der Waals surface area (Å²) in [7, 11) is 3.53. The normalized spacial score (nSPS) is 19.6. The van der Waals surface area contributed by atoms with Gasteiger partial charge in [0.15, 0.2) is 0 Å². The van der Waals surface area contributed by atoms with Gasteiger partial charge in [0.25, 0.3) is 5.91 Å². The highest BCUT2D eigenvalue weighted by Crippen LogP contribution is 2.16. The van der Waals surface area contributed by atoms with E-state index in [-0.39, 0.29) is 5.91 Å². The molecule has 0 aromatic heterocycles. The zero-order chi connectivity index (χ0) is 13.7. The van der Waals surface area contributed by atoms with Gasteiger partial charge in [-0.1, -0.05) is 0 Å². The van der Waals surface area contributed by atoms with Crippen LogP contribution >= 0.6 is 0 Å². The Labute approximate surface area is 114 Å². The molecule has 0 saturated carbocycles. The van der Waals surface area contributed by atoms with Crippen molar-refractivity contribution in [3.05, 3.63) is 29.8 Å². The standard InChI is InChI=1S/C15H22N2O2/c1-17(2)15(18)12-5-7-14(8-6-12)16-13-4-3-10-19-11-9-13/h5-8,13,16H,3-4,9-11H2,1-2H3. The van der Waals surface area contributed by atoms with Gasteiger partial charge in [0.2, 0.25) is 0 Å². The number of carbonyl (C=O) groups is 1. The number of hydrogen-bond acceptors (Lipinski definition) is 3. The van der Waals surface area contributed by atoms with Crippen LogP contribution in [0.5, 0.6) is 0 Å². The van der Waals surface area contributed by atoms with Crippen LogP contribution in [0, 0.1) is 0 Å². The van der Waals surface area contributed by atoms with Crippen molar-refractivity contribution < 1.29 is 9.53 Å². The van der Waals surface area contributed by atoms with Crippen LogP contribution < -0.4 is 5.32 Å². The van der Waals surface area contributed by atoms with Gasteiger partial charge in [0.05, 0.1) is 0 Å². The maximum Gasteiger partial charge on any atom is 0.253 e. The second-order valence-electron chi connectivity index (χ2n) is 5.16. The van der Waals surface area contributed by atoms with Crippen molar-refractivity contribution in [3.63, 3.8) is 0 Å². The Morgan fingerprint density at radius 1 is 1.21 bits per heavy atom. The lowest BCUT2D eigenvalue weighted by molar-refractivity contribution is 0.0827. The van der Waals surface area contributed by atoms with Crippen molar-refractivity contribution in [1.82, 2.24) is 4.90 Å². The first-order chi connectivity index (χ1) is 9.16. The van der Waals surface area contributed by atoms with E-state index in [1.807, 2.05) is 24.3 Å². The van der Waals surface area contributed by atoms with Crippen LogP contribution in [0.15, 0.2) is 24.3 Å². The highest BCUT2D eigenvalue weighted by atomic mass is 16.5. The van der Waals surface area contributed by atoms with Crippen LogP contribution in [0.2, 0.25) is 0 Å². The summed E-state index contributed by atoms with van der Waals surface area (Å²) < 4.78 is 5.45. The summed E-state index contributed by atoms with van der Waals surface area (Å²) in [6, 6.07) is 8.17. The fourth-order valence-electron chi connectivity index (χ4n) is 2.25. The van der Waals surface area contributed by atoms with Gasteiger partial charge in [-0.05, 0) is 43.5 Å². The molecule has 0 spiro atoms. The fraction of sp³-hybridized carbons (Fsp3) is 0.533. The first kappa shape index (κ1) is 13.9. The molecule has 1 saturated heterocycles. The van der Waals surface area contributed by atoms with Crippen LogP contribution in [0.4, 0.5) is 5.69 Å². The number of rotatable bonds is 3. The third-order valence-electron chi connectivity index (χ3n) is 3.36. The molecular weight excluding hydrogens is 240 g/mol. The number of anilines is 1. The second kappa shape index (κ2) is 6.57. The Balaban J connectivity index is 1.96. The molecule has 1 aromatic rings. The van der Waals surface area contributed by atoms with Gasteiger partial charge in [-0.3, -0.25) is 4.79 Å². The van der Waals surface area contributed by atoms with Gasteiger partial charge >= 0.3 is 0 Å². The molecule has 1 atom stereocenters. The van der Waals surface area contributed by atoms with Crippen molar-refractivity contribution in [2.24, 2.45) is 0 Å².